The van der Waals surface area contributed by atoms with E-state index >= 15 is 0 Å². The lowest BCUT2D eigenvalue weighted by atomic mass is 10.1. The molecule has 0 spiro atoms. The van der Waals surface area contributed by atoms with E-state index in [2.05, 4.69) is 12.2 Å². The molecule has 2 aromatic rings. The molecule has 0 heterocycles. The standard InChI is InChI=1S/C21H27N3O6S/c1-4-5-17-7-10-19(11-8-17)30-13-12-22-21(25)15-23(31(3,28)29)20-14-18(24(26)27)9-6-16(20)2/h6-11,14H,4-5,12-13,15H2,1-3H3,(H,22,25). The molecule has 0 radical (unpaired) electrons. The van der Waals surface area contributed by atoms with E-state index in [9.17, 15) is 23.3 Å². The third-order valence-electron chi connectivity index (χ3n) is 4.51. The summed E-state index contributed by atoms with van der Waals surface area (Å²) in [5.41, 5.74) is 1.56. The Morgan fingerprint density at radius 3 is 2.45 bits per heavy atom. The molecule has 0 saturated carbocycles. The highest BCUT2D eigenvalue weighted by Crippen LogP contribution is 2.27. The van der Waals surface area contributed by atoms with Crippen LogP contribution in [0.3, 0.4) is 0 Å². The predicted octanol–water partition coefficient (Wildman–Crippen LogP) is 2.82. The van der Waals surface area contributed by atoms with Gasteiger partial charge in [-0.3, -0.25) is 19.2 Å². The highest BCUT2D eigenvalue weighted by atomic mass is 32.2. The molecule has 0 aliphatic carbocycles. The van der Waals surface area contributed by atoms with Crippen LogP contribution >= 0.6 is 0 Å². The minimum atomic E-state index is -3.84. The van der Waals surface area contributed by atoms with Crippen molar-refractivity contribution in [3.63, 3.8) is 0 Å². The molecule has 0 aliphatic heterocycles. The normalized spacial score (nSPS) is 11.1. The number of carbonyl (C=O) groups is 1. The van der Waals surface area contributed by atoms with Crippen molar-refractivity contribution in [1.82, 2.24) is 5.32 Å². The summed E-state index contributed by atoms with van der Waals surface area (Å²) in [5.74, 6) is 0.136. The number of benzene rings is 2. The van der Waals surface area contributed by atoms with Crippen molar-refractivity contribution in [2.75, 3.05) is 30.3 Å². The molecule has 0 unspecified atom stereocenters. The van der Waals surface area contributed by atoms with Gasteiger partial charge in [-0.25, -0.2) is 8.42 Å². The molecule has 0 atom stereocenters. The summed E-state index contributed by atoms with van der Waals surface area (Å²) in [6.45, 7) is 3.63. The maximum absolute atomic E-state index is 12.3. The zero-order valence-electron chi connectivity index (χ0n) is 17.8. The zero-order chi connectivity index (χ0) is 23.0. The first kappa shape index (κ1) is 24.1. The first-order valence-electron chi connectivity index (χ1n) is 9.83. The maximum Gasteiger partial charge on any atom is 0.271 e. The molecule has 0 bridgehead atoms. The van der Waals surface area contributed by atoms with Crippen LogP contribution in [0.5, 0.6) is 5.75 Å². The van der Waals surface area contributed by atoms with Crippen LogP contribution in [-0.2, 0) is 21.2 Å². The van der Waals surface area contributed by atoms with Gasteiger partial charge in [-0.1, -0.05) is 31.5 Å². The number of carbonyl (C=O) groups excluding carboxylic acids is 1. The fraction of sp³-hybridized carbons (Fsp3) is 0.381. The molecule has 0 aliphatic rings. The summed E-state index contributed by atoms with van der Waals surface area (Å²) >= 11 is 0. The van der Waals surface area contributed by atoms with Gasteiger partial charge in [-0.05, 0) is 36.6 Å². The van der Waals surface area contributed by atoms with Gasteiger partial charge in [0.05, 0.1) is 23.4 Å². The van der Waals surface area contributed by atoms with Crippen molar-refractivity contribution in [2.45, 2.75) is 26.7 Å². The van der Waals surface area contributed by atoms with E-state index in [1.807, 2.05) is 24.3 Å². The Morgan fingerprint density at radius 2 is 1.87 bits per heavy atom. The number of ether oxygens (including phenoxy) is 1. The number of nitro groups is 1. The second-order valence-corrected chi connectivity index (χ2v) is 9.00. The fourth-order valence-corrected chi connectivity index (χ4v) is 3.85. The maximum atomic E-state index is 12.3. The van der Waals surface area contributed by atoms with E-state index in [1.165, 1.54) is 17.7 Å². The summed E-state index contributed by atoms with van der Waals surface area (Å²) < 4.78 is 30.9. The number of anilines is 1. The van der Waals surface area contributed by atoms with Crippen LogP contribution in [0, 0.1) is 17.0 Å². The highest BCUT2D eigenvalue weighted by Gasteiger charge is 2.24. The lowest BCUT2D eigenvalue weighted by Crippen LogP contribution is -2.41. The van der Waals surface area contributed by atoms with Gasteiger partial charge in [0.15, 0.2) is 0 Å². The van der Waals surface area contributed by atoms with Crippen LogP contribution in [0.1, 0.15) is 24.5 Å². The lowest BCUT2D eigenvalue weighted by Gasteiger charge is -2.23. The second kappa shape index (κ2) is 10.8. The molecule has 31 heavy (non-hydrogen) atoms. The SMILES string of the molecule is CCCc1ccc(OCCNC(=O)CN(c2cc([N+](=O)[O-])ccc2C)S(C)(=O)=O)cc1. The molecule has 168 valence electrons. The van der Waals surface area contributed by atoms with Crippen LogP contribution in [0.2, 0.25) is 0 Å². The van der Waals surface area contributed by atoms with E-state index in [0.717, 1.165) is 29.5 Å². The molecule has 0 saturated heterocycles. The average molecular weight is 450 g/mol. The van der Waals surface area contributed by atoms with Crippen molar-refractivity contribution < 1.29 is 22.9 Å². The summed E-state index contributed by atoms with van der Waals surface area (Å²) in [4.78, 5) is 22.8. The van der Waals surface area contributed by atoms with Gasteiger partial charge < -0.3 is 10.1 Å². The van der Waals surface area contributed by atoms with Crippen molar-refractivity contribution in [2.24, 2.45) is 0 Å². The molecule has 9 nitrogen and oxygen atoms in total. The van der Waals surface area contributed by atoms with Crippen LogP contribution in [0.15, 0.2) is 42.5 Å². The largest absolute Gasteiger partial charge is 0.492 e. The molecule has 1 amide bonds. The summed E-state index contributed by atoms with van der Waals surface area (Å²) in [7, 11) is -3.84. The molecule has 0 aromatic heterocycles. The van der Waals surface area contributed by atoms with Gasteiger partial charge in [0.25, 0.3) is 5.69 Å². The fourth-order valence-electron chi connectivity index (χ4n) is 2.95. The van der Waals surface area contributed by atoms with Gasteiger partial charge in [-0.2, -0.15) is 0 Å². The molecular formula is C21H27N3O6S. The Labute approximate surface area is 182 Å². The van der Waals surface area contributed by atoms with E-state index in [4.69, 9.17) is 4.74 Å². The third-order valence-corrected chi connectivity index (χ3v) is 5.64. The van der Waals surface area contributed by atoms with E-state index in [1.54, 1.807) is 6.92 Å². The van der Waals surface area contributed by atoms with E-state index < -0.39 is 27.4 Å². The van der Waals surface area contributed by atoms with Crippen molar-refractivity contribution in [3.8, 4) is 5.75 Å². The Morgan fingerprint density at radius 1 is 1.19 bits per heavy atom. The predicted molar refractivity (Wildman–Crippen MR) is 119 cm³/mol. The van der Waals surface area contributed by atoms with E-state index in [0.29, 0.717) is 11.3 Å². The molecule has 0 fully saturated rings. The number of non-ortho nitro benzene ring substituents is 1. The minimum Gasteiger partial charge on any atom is -0.492 e. The second-order valence-electron chi connectivity index (χ2n) is 7.09. The minimum absolute atomic E-state index is 0.0928. The molecule has 2 aromatic carbocycles. The monoisotopic (exact) mass is 449 g/mol. The van der Waals surface area contributed by atoms with E-state index in [-0.39, 0.29) is 24.5 Å². The number of amides is 1. The van der Waals surface area contributed by atoms with Crippen molar-refractivity contribution >= 4 is 27.3 Å². The van der Waals surface area contributed by atoms with Gasteiger partial charge >= 0.3 is 0 Å². The Bertz CT molecular complexity index is 1020. The first-order chi connectivity index (χ1) is 14.6. The number of nitrogens with zero attached hydrogens (tertiary/aromatic N) is 2. The molecule has 2 rings (SSSR count). The Hall–Kier alpha value is -3.14. The van der Waals surface area contributed by atoms with Crippen LogP contribution < -0.4 is 14.4 Å². The van der Waals surface area contributed by atoms with Crippen LogP contribution in [-0.4, -0.2) is 45.2 Å². The average Bonchev–Trinajstić information content (AvgIpc) is 2.70. The van der Waals surface area contributed by atoms with Crippen LogP contribution in [0.4, 0.5) is 11.4 Å². The van der Waals surface area contributed by atoms with Gasteiger partial charge in [0.2, 0.25) is 15.9 Å². The molecular weight excluding hydrogens is 422 g/mol. The van der Waals surface area contributed by atoms with Gasteiger partial charge in [0.1, 0.15) is 18.9 Å². The third kappa shape index (κ3) is 7.25. The zero-order valence-corrected chi connectivity index (χ0v) is 18.6. The summed E-state index contributed by atoms with van der Waals surface area (Å²) in [6.07, 6.45) is 3.01. The quantitative estimate of drug-likeness (QED) is 0.320. The van der Waals surface area contributed by atoms with Crippen molar-refractivity contribution in [3.05, 3.63) is 63.7 Å². The number of nitro benzene ring substituents is 1. The number of hydrogen-bond donors (Lipinski definition) is 1. The van der Waals surface area contributed by atoms with Gasteiger partial charge in [-0.15, -0.1) is 0 Å². The highest BCUT2D eigenvalue weighted by molar-refractivity contribution is 7.92. The number of rotatable bonds is 11. The number of nitrogens with one attached hydrogen (secondary N) is 1. The number of aryl methyl sites for hydroxylation is 2. The topological polar surface area (TPSA) is 119 Å². The molecule has 10 heteroatoms. The van der Waals surface area contributed by atoms with Gasteiger partial charge in [0, 0.05) is 12.1 Å². The summed E-state index contributed by atoms with van der Waals surface area (Å²) in [6, 6.07) is 11.6. The summed E-state index contributed by atoms with van der Waals surface area (Å²) in [5, 5.41) is 13.7. The number of sulfonamides is 1. The first-order valence-corrected chi connectivity index (χ1v) is 11.7. The lowest BCUT2D eigenvalue weighted by molar-refractivity contribution is -0.384. The smallest absolute Gasteiger partial charge is 0.271 e. The van der Waals surface area contributed by atoms with Crippen molar-refractivity contribution in [1.29, 1.82) is 0 Å². The Balaban J connectivity index is 1.96. The van der Waals surface area contributed by atoms with Crippen LogP contribution in [0.25, 0.3) is 0 Å². The Kier molecular flexibility index (Phi) is 8.38. The number of hydrogen-bond acceptors (Lipinski definition) is 6. The molecule has 1 N–H and O–H groups in total.